The number of ether oxygens (including phenoxy) is 2. The Balaban J connectivity index is 1.54. The number of carbonyl (C=O) groups excluding carboxylic acids is 1. The van der Waals surface area contributed by atoms with Gasteiger partial charge in [-0.15, -0.1) is 0 Å². The minimum atomic E-state index is -0.462. The van der Waals surface area contributed by atoms with Gasteiger partial charge in [0.15, 0.2) is 11.5 Å². The van der Waals surface area contributed by atoms with E-state index in [4.69, 9.17) is 9.47 Å². The van der Waals surface area contributed by atoms with Gasteiger partial charge in [-0.1, -0.05) is 28.7 Å². The monoisotopic (exact) mass is 480 g/mol. The summed E-state index contributed by atoms with van der Waals surface area (Å²) in [6.07, 6.45) is 1.42. The molecule has 3 heterocycles. The van der Waals surface area contributed by atoms with Crippen molar-refractivity contribution in [1.29, 1.82) is 0 Å². The van der Waals surface area contributed by atoms with Crippen molar-refractivity contribution in [2.75, 3.05) is 18.2 Å². The molecule has 5 rings (SSSR count). The van der Waals surface area contributed by atoms with Crippen LogP contribution in [0.15, 0.2) is 53.6 Å². The molecule has 0 aliphatic carbocycles. The van der Waals surface area contributed by atoms with Crippen LogP contribution < -0.4 is 14.5 Å². The third-order valence-electron chi connectivity index (χ3n) is 4.79. The summed E-state index contributed by atoms with van der Waals surface area (Å²) in [5.74, 6) is 0.657. The van der Waals surface area contributed by atoms with Gasteiger partial charge in [-0.05, 0) is 48.9 Å². The molecule has 33 heavy (non-hydrogen) atoms. The smallest absolute Gasteiger partial charge is 0.324 e. The lowest BCUT2D eigenvalue weighted by Gasteiger charge is -2.19. The molecule has 0 bridgehead atoms. The van der Waals surface area contributed by atoms with E-state index >= 15 is 0 Å². The van der Waals surface area contributed by atoms with E-state index in [1.165, 1.54) is 28.6 Å². The molecule has 4 aromatic rings. The zero-order valence-corrected chi connectivity index (χ0v) is 18.9. The number of carbonyl (C=O) groups is 1. The fraction of sp³-hybridized carbons (Fsp3) is 0.136. The van der Waals surface area contributed by atoms with E-state index in [1.807, 2.05) is 25.1 Å². The standard InChI is InChI=1S/C22H16N4O5S2/c1-13-2-5-16-19(10-13)33-22(24-16)25(23-12-15-4-7-20(32-15)26(28)29)21(27)14-3-6-17-18(11-14)31-9-8-30-17/h2-7,10-12H,8-9H2,1H3/b23-12+. The van der Waals surface area contributed by atoms with Crippen LogP contribution in [0.4, 0.5) is 10.1 Å². The number of thiazole rings is 1. The van der Waals surface area contributed by atoms with Gasteiger partial charge in [-0.3, -0.25) is 14.9 Å². The van der Waals surface area contributed by atoms with Crippen LogP contribution in [0.2, 0.25) is 0 Å². The molecule has 0 spiro atoms. The lowest BCUT2D eigenvalue weighted by molar-refractivity contribution is -0.380. The predicted molar refractivity (Wildman–Crippen MR) is 127 cm³/mol. The lowest BCUT2D eigenvalue weighted by atomic mass is 10.2. The molecule has 9 nitrogen and oxygen atoms in total. The zero-order chi connectivity index (χ0) is 22.9. The zero-order valence-electron chi connectivity index (χ0n) is 17.3. The van der Waals surface area contributed by atoms with E-state index in [0.717, 1.165) is 27.1 Å². The summed E-state index contributed by atoms with van der Waals surface area (Å²) in [5, 5.41) is 16.9. The van der Waals surface area contributed by atoms with Crippen LogP contribution in [0.25, 0.3) is 10.2 Å². The molecule has 0 unspecified atom stereocenters. The normalized spacial score (nSPS) is 12.9. The molecular weight excluding hydrogens is 464 g/mol. The second kappa shape index (κ2) is 8.60. The third kappa shape index (κ3) is 4.28. The van der Waals surface area contributed by atoms with Crippen LogP contribution in [0.1, 0.15) is 20.8 Å². The Labute approximate surface area is 195 Å². The first-order chi connectivity index (χ1) is 16.0. The first-order valence-electron chi connectivity index (χ1n) is 9.87. The summed E-state index contributed by atoms with van der Waals surface area (Å²) >= 11 is 2.31. The molecule has 0 saturated heterocycles. The van der Waals surface area contributed by atoms with Gasteiger partial charge in [0, 0.05) is 11.6 Å². The summed E-state index contributed by atoms with van der Waals surface area (Å²) in [5.41, 5.74) is 2.18. The number of aryl methyl sites for hydroxylation is 1. The van der Waals surface area contributed by atoms with E-state index in [1.54, 1.807) is 24.3 Å². The van der Waals surface area contributed by atoms with Gasteiger partial charge >= 0.3 is 5.00 Å². The first kappa shape index (κ1) is 21.0. The average molecular weight is 481 g/mol. The molecule has 11 heteroatoms. The Morgan fingerprint density at radius 3 is 2.73 bits per heavy atom. The summed E-state index contributed by atoms with van der Waals surface area (Å²) in [4.78, 5) is 29.1. The van der Waals surface area contributed by atoms with Crippen molar-refractivity contribution >= 4 is 55.1 Å². The number of thiophene rings is 1. The molecule has 0 N–H and O–H groups in total. The Morgan fingerprint density at radius 1 is 1.12 bits per heavy atom. The van der Waals surface area contributed by atoms with E-state index in [2.05, 4.69) is 10.1 Å². The van der Waals surface area contributed by atoms with E-state index < -0.39 is 10.8 Å². The summed E-state index contributed by atoms with van der Waals surface area (Å²) < 4.78 is 12.1. The predicted octanol–water partition coefficient (Wildman–Crippen LogP) is 5.03. The van der Waals surface area contributed by atoms with E-state index in [9.17, 15) is 14.9 Å². The van der Waals surface area contributed by atoms with Gasteiger partial charge in [-0.2, -0.15) is 10.1 Å². The maximum atomic E-state index is 13.5. The largest absolute Gasteiger partial charge is 0.486 e. The number of amides is 1. The first-order valence-corrected chi connectivity index (χ1v) is 11.5. The highest BCUT2D eigenvalue weighted by atomic mass is 32.1. The molecule has 2 aromatic carbocycles. The van der Waals surface area contributed by atoms with Crippen LogP contribution in [0, 0.1) is 17.0 Å². The van der Waals surface area contributed by atoms with E-state index in [0.29, 0.717) is 40.3 Å². The summed E-state index contributed by atoms with van der Waals surface area (Å²) in [6.45, 7) is 2.84. The number of fused-ring (bicyclic) bond motifs is 2. The van der Waals surface area contributed by atoms with Crippen LogP contribution in [-0.2, 0) is 0 Å². The molecule has 166 valence electrons. The third-order valence-corrected chi connectivity index (χ3v) is 6.75. The maximum Gasteiger partial charge on any atom is 0.324 e. The highest BCUT2D eigenvalue weighted by Gasteiger charge is 2.23. The van der Waals surface area contributed by atoms with Gasteiger partial charge in [0.2, 0.25) is 5.13 Å². The Bertz CT molecular complexity index is 1410. The van der Waals surface area contributed by atoms with Gasteiger partial charge < -0.3 is 9.47 Å². The van der Waals surface area contributed by atoms with Crippen LogP contribution in [0.3, 0.4) is 0 Å². The quantitative estimate of drug-likeness (QED) is 0.225. The molecular formula is C22H16N4O5S2. The molecule has 0 fully saturated rings. The van der Waals surface area contributed by atoms with Gasteiger partial charge in [0.05, 0.1) is 26.2 Å². The number of aromatic nitrogens is 1. The maximum absolute atomic E-state index is 13.5. The second-order valence-electron chi connectivity index (χ2n) is 7.12. The summed E-state index contributed by atoms with van der Waals surface area (Å²) in [6, 6.07) is 13.8. The van der Waals surface area contributed by atoms with Crippen LogP contribution >= 0.6 is 22.7 Å². The van der Waals surface area contributed by atoms with E-state index in [-0.39, 0.29) is 5.00 Å². The number of hydrazone groups is 1. The molecule has 1 aliphatic heterocycles. The van der Waals surface area contributed by atoms with Crippen molar-refractivity contribution in [1.82, 2.24) is 4.98 Å². The van der Waals surface area contributed by atoms with Gasteiger partial charge in [0.25, 0.3) is 5.91 Å². The van der Waals surface area contributed by atoms with Crippen molar-refractivity contribution in [3.05, 3.63) is 74.6 Å². The number of anilines is 1. The molecule has 0 atom stereocenters. The van der Waals surface area contributed by atoms with Crippen molar-refractivity contribution in [3.8, 4) is 11.5 Å². The highest BCUT2D eigenvalue weighted by Crippen LogP contribution is 2.34. The van der Waals surface area contributed by atoms with Gasteiger partial charge in [0.1, 0.15) is 13.2 Å². The van der Waals surface area contributed by atoms with Gasteiger partial charge in [-0.25, -0.2) is 4.98 Å². The fourth-order valence-electron chi connectivity index (χ4n) is 3.22. The minimum absolute atomic E-state index is 0.00313. The lowest BCUT2D eigenvalue weighted by Crippen LogP contribution is -2.26. The topological polar surface area (TPSA) is 107 Å². The van der Waals surface area contributed by atoms with Crippen LogP contribution in [-0.4, -0.2) is 35.2 Å². The summed E-state index contributed by atoms with van der Waals surface area (Å²) in [7, 11) is 0. The average Bonchev–Trinajstić information content (AvgIpc) is 3.46. The molecule has 0 radical (unpaired) electrons. The Kier molecular flexibility index (Phi) is 5.48. The van der Waals surface area contributed by atoms with Crippen molar-refractivity contribution in [2.24, 2.45) is 5.10 Å². The molecule has 1 amide bonds. The highest BCUT2D eigenvalue weighted by molar-refractivity contribution is 7.22. The number of nitrogens with zero attached hydrogens (tertiary/aromatic N) is 4. The number of rotatable bonds is 5. The minimum Gasteiger partial charge on any atom is -0.486 e. The second-order valence-corrected chi connectivity index (χ2v) is 9.22. The Morgan fingerprint density at radius 2 is 1.94 bits per heavy atom. The number of hydrogen-bond donors (Lipinski definition) is 0. The fourth-order valence-corrected chi connectivity index (χ4v) is 4.93. The SMILES string of the molecule is Cc1ccc2nc(N(/N=C/c3ccc([N+](=O)[O-])s3)C(=O)c3ccc4c(c3)OCCO4)sc2c1. The Hall–Kier alpha value is -3.83. The number of hydrogen-bond acceptors (Lipinski definition) is 9. The van der Waals surface area contributed by atoms with Crippen molar-refractivity contribution < 1.29 is 19.2 Å². The van der Waals surface area contributed by atoms with Crippen molar-refractivity contribution in [2.45, 2.75) is 6.92 Å². The molecule has 0 saturated carbocycles. The number of benzene rings is 2. The van der Waals surface area contributed by atoms with Crippen molar-refractivity contribution in [3.63, 3.8) is 0 Å². The van der Waals surface area contributed by atoms with Crippen LogP contribution in [0.5, 0.6) is 11.5 Å². The molecule has 1 aliphatic rings. The molecule has 2 aromatic heterocycles. The number of nitro groups is 1.